The van der Waals surface area contributed by atoms with Crippen LogP contribution in [0.5, 0.6) is 5.88 Å². The molecule has 0 unspecified atom stereocenters. The third kappa shape index (κ3) is 7.65. The van der Waals surface area contributed by atoms with Gasteiger partial charge in [0.2, 0.25) is 5.88 Å². The maximum Gasteiger partial charge on any atom is 0.454 e. The van der Waals surface area contributed by atoms with Crippen LogP contribution in [0.25, 0.3) is 0 Å². The van der Waals surface area contributed by atoms with Crippen molar-refractivity contribution in [3.63, 3.8) is 0 Å². The molecule has 1 aromatic heterocycles. The highest BCUT2D eigenvalue weighted by molar-refractivity contribution is 9.10. The maximum absolute atomic E-state index is 14.2. The first kappa shape index (κ1) is 26.0. The summed E-state index contributed by atoms with van der Waals surface area (Å²) in [6, 6.07) is 0.845. The number of carbonyl (C=O) groups excluding carboxylic acids is 2. The van der Waals surface area contributed by atoms with Crippen LogP contribution in [0.3, 0.4) is 0 Å². The fraction of sp³-hybridized carbons (Fsp3) is 0.588. The zero-order valence-electron chi connectivity index (χ0n) is 16.9. The van der Waals surface area contributed by atoms with E-state index in [1.54, 1.807) is 20.8 Å². The Morgan fingerprint density at radius 3 is 2.07 bits per heavy atom. The Labute approximate surface area is 180 Å². The summed E-state index contributed by atoms with van der Waals surface area (Å²) in [7, 11) is 1.00. The standard InChI is InChI=1S/C16H21BrFN3O7.CH4O/c1-15(2,3)28-14(23)21-6-4-20(5-7-21)13(22)11-10(18)8-9(17)12(19-11)27-16(24,25)26;1-2/h8,24-26H,4-7H2,1-3H3;2H,1H3. The number of aliphatic hydroxyl groups is 4. The Bertz CT molecular complexity index is 759. The van der Waals surface area contributed by atoms with Crippen molar-refractivity contribution in [2.75, 3.05) is 33.3 Å². The average molecular weight is 498 g/mol. The molecular formula is C17H25BrFN3O8. The maximum atomic E-state index is 14.2. The lowest BCUT2D eigenvalue weighted by atomic mass is 10.2. The number of nitrogens with zero attached hydrogens (tertiary/aromatic N) is 3. The topological polar surface area (TPSA) is 153 Å². The van der Waals surface area contributed by atoms with Crippen molar-refractivity contribution in [2.24, 2.45) is 0 Å². The number of ether oxygens (including phenoxy) is 2. The van der Waals surface area contributed by atoms with Gasteiger partial charge < -0.3 is 39.7 Å². The summed E-state index contributed by atoms with van der Waals surface area (Å²) in [6.45, 7) is 5.85. The molecule has 1 aromatic rings. The predicted octanol–water partition coefficient (Wildman–Crippen LogP) is 0.252. The van der Waals surface area contributed by atoms with Crippen LogP contribution >= 0.6 is 15.9 Å². The van der Waals surface area contributed by atoms with Crippen LogP contribution in [0.4, 0.5) is 9.18 Å². The van der Waals surface area contributed by atoms with Gasteiger partial charge in [0.05, 0.1) is 4.47 Å². The van der Waals surface area contributed by atoms with Gasteiger partial charge in [0, 0.05) is 33.3 Å². The molecule has 11 nitrogen and oxygen atoms in total. The minimum absolute atomic E-state index is 0.120. The molecule has 13 heteroatoms. The molecule has 2 amide bonds. The molecule has 2 rings (SSSR count). The van der Waals surface area contributed by atoms with Gasteiger partial charge in [0.1, 0.15) is 5.60 Å². The van der Waals surface area contributed by atoms with Gasteiger partial charge in [-0.3, -0.25) is 4.79 Å². The molecule has 0 bridgehead atoms. The lowest BCUT2D eigenvalue weighted by Gasteiger charge is -2.35. The van der Waals surface area contributed by atoms with Crippen LogP contribution < -0.4 is 4.74 Å². The lowest BCUT2D eigenvalue weighted by molar-refractivity contribution is -0.420. The lowest BCUT2D eigenvalue weighted by Crippen LogP contribution is -2.51. The number of piperazine rings is 1. The van der Waals surface area contributed by atoms with Crippen LogP contribution in [0.1, 0.15) is 31.3 Å². The molecule has 0 aromatic carbocycles. The van der Waals surface area contributed by atoms with E-state index in [-0.39, 0.29) is 30.7 Å². The minimum atomic E-state index is -3.55. The number of carbonyl (C=O) groups is 2. The normalized spacial score (nSPS) is 14.6. The van der Waals surface area contributed by atoms with Gasteiger partial charge in [-0.2, -0.15) is 0 Å². The Balaban J connectivity index is 0.00000218. The molecule has 0 saturated carbocycles. The fourth-order valence-electron chi connectivity index (χ4n) is 2.37. The van der Waals surface area contributed by atoms with Gasteiger partial charge in [-0.05, 0) is 42.8 Å². The number of rotatable bonds is 3. The first-order valence-electron chi connectivity index (χ1n) is 8.71. The molecule has 4 N–H and O–H groups in total. The Morgan fingerprint density at radius 2 is 1.60 bits per heavy atom. The molecule has 1 aliphatic heterocycles. The molecule has 30 heavy (non-hydrogen) atoms. The van der Waals surface area contributed by atoms with Gasteiger partial charge in [-0.15, -0.1) is 0 Å². The van der Waals surface area contributed by atoms with Gasteiger partial charge in [0.15, 0.2) is 11.5 Å². The van der Waals surface area contributed by atoms with Gasteiger partial charge >= 0.3 is 12.3 Å². The second-order valence-electron chi connectivity index (χ2n) is 7.04. The van der Waals surface area contributed by atoms with Crippen molar-refractivity contribution >= 4 is 27.9 Å². The van der Waals surface area contributed by atoms with E-state index in [0.29, 0.717) is 0 Å². The number of halogens is 2. The first-order chi connectivity index (χ1) is 13.8. The molecular weight excluding hydrogens is 473 g/mol. The molecule has 170 valence electrons. The summed E-state index contributed by atoms with van der Waals surface area (Å²) in [6.07, 6.45) is -4.06. The molecule has 1 fully saturated rings. The van der Waals surface area contributed by atoms with Gasteiger partial charge in [-0.1, -0.05) is 0 Å². The fourth-order valence-corrected chi connectivity index (χ4v) is 2.74. The van der Waals surface area contributed by atoms with Crippen molar-refractivity contribution < 1.29 is 43.9 Å². The van der Waals surface area contributed by atoms with Crippen molar-refractivity contribution in [3.8, 4) is 5.88 Å². The Morgan fingerprint density at radius 1 is 1.10 bits per heavy atom. The van der Waals surface area contributed by atoms with Crippen LogP contribution in [0.2, 0.25) is 0 Å². The zero-order valence-corrected chi connectivity index (χ0v) is 18.5. The highest BCUT2D eigenvalue weighted by atomic mass is 79.9. The number of hydrogen-bond donors (Lipinski definition) is 4. The van der Waals surface area contributed by atoms with E-state index in [0.717, 1.165) is 13.2 Å². The number of aliphatic hydroxyl groups excluding tert-OH is 1. The van der Waals surface area contributed by atoms with Crippen LogP contribution in [0.15, 0.2) is 10.5 Å². The monoisotopic (exact) mass is 497 g/mol. The van der Waals surface area contributed by atoms with E-state index < -0.39 is 41.2 Å². The van der Waals surface area contributed by atoms with Gasteiger partial charge in [0.25, 0.3) is 5.91 Å². The third-order valence-corrected chi connectivity index (χ3v) is 4.12. The quantitative estimate of drug-likeness (QED) is 0.430. The Kier molecular flexibility index (Phi) is 8.92. The highest BCUT2D eigenvalue weighted by Crippen LogP contribution is 2.27. The van der Waals surface area contributed by atoms with Gasteiger partial charge in [-0.25, -0.2) is 14.2 Å². The first-order valence-corrected chi connectivity index (χ1v) is 9.50. The smallest absolute Gasteiger partial charge is 0.444 e. The summed E-state index contributed by atoms with van der Waals surface area (Å²) in [5.41, 5.74) is -1.28. The minimum Gasteiger partial charge on any atom is -0.444 e. The summed E-state index contributed by atoms with van der Waals surface area (Å²) in [4.78, 5) is 31.0. The second-order valence-corrected chi connectivity index (χ2v) is 7.90. The summed E-state index contributed by atoms with van der Waals surface area (Å²) in [5.74, 6) is -2.35. The van der Waals surface area contributed by atoms with E-state index in [1.165, 1.54) is 9.80 Å². The van der Waals surface area contributed by atoms with Crippen molar-refractivity contribution in [2.45, 2.75) is 32.5 Å². The van der Waals surface area contributed by atoms with Crippen molar-refractivity contribution in [3.05, 3.63) is 22.1 Å². The SMILES string of the molecule is CC(C)(C)OC(=O)N1CCN(C(=O)c2nc(OC(O)(O)O)c(Br)cc2F)CC1.CO. The van der Waals surface area contributed by atoms with Crippen molar-refractivity contribution in [1.82, 2.24) is 14.8 Å². The molecule has 0 aliphatic carbocycles. The van der Waals surface area contributed by atoms with E-state index in [1.807, 2.05) is 0 Å². The van der Waals surface area contributed by atoms with E-state index in [2.05, 4.69) is 25.7 Å². The Hall–Kier alpha value is -2.06. The van der Waals surface area contributed by atoms with Crippen LogP contribution in [-0.4, -0.2) is 92.3 Å². The summed E-state index contributed by atoms with van der Waals surface area (Å²) < 4.78 is 23.7. The number of hydrogen-bond acceptors (Lipinski definition) is 9. The molecule has 2 heterocycles. The molecule has 0 radical (unpaired) electrons. The van der Waals surface area contributed by atoms with E-state index in [9.17, 15) is 14.0 Å². The average Bonchev–Trinajstić information content (AvgIpc) is 2.63. The van der Waals surface area contributed by atoms with Crippen LogP contribution in [-0.2, 0) is 4.74 Å². The summed E-state index contributed by atoms with van der Waals surface area (Å²) in [5, 5.41) is 33.7. The molecule has 1 aliphatic rings. The third-order valence-electron chi connectivity index (χ3n) is 3.55. The number of aromatic nitrogens is 1. The second kappa shape index (κ2) is 10.3. The zero-order chi connectivity index (χ0) is 23.3. The van der Waals surface area contributed by atoms with E-state index >= 15 is 0 Å². The number of pyridine rings is 1. The predicted molar refractivity (Wildman–Crippen MR) is 104 cm³/mol. The molecule has 0 spiro atoms. The molecule has 1 saturated heterocycles. The van der Waals surface area contributed by atoms with Crippen molar-refractivity contribution in [1.29, 1.82) is 0 Å². The van der Waals surface area contributed by atoms with E-state index in [4.69, 9.17) is 25.2 Å². The summed E-state index contributed by atoms with van der Waals surface area (Å²) >= 11 is 2.88. The van der Waals surface area contributed by atoms with Crippen LogP contribution in [0, 0.1) is 5.82 Å². The number of amides is 2. The molecule has 0 atom stereocenters. The largest absolute Gasteiger partial charge is 0.454 e. The highest BCUT2D eigenvalue weighted by Gasteiger charge is 2.31.